The number of aryl methyl sites for hydroxylation is 2. The number of unbranched alkanes of at least 4 members (excludes halogenated alkanes) is 2. The summed E-state index contributed by atoms with van der Waals surface area (Å²) in [5.41, 5.74) is 4.05. The first-order chi connectivity index (χ1) is 24.0. The molecule has 0 bridgehead atoms. The van der Waals surface area contributed by atoms with Crippen LogP contribution in [0.15, 0.2) is 97.1 Å². The standard InChI is InChI=1S/C38H44O10P2/c1-5-6-9-20-34-23-36(47-49(41,45-27-43-30(3)39)25-32-16-10-7-11-17-32)38(35-21-14-15-29(2)22-35)37(24-34)48-50(42,46-28-44-31(4)40)26-33-18-12-8-13-19-33/h7-8,10-19,21-24H,5-6,9,20,25-28H2,1-4H3. The highest BCUT2D eigenvalue weighted by molar-refractivity contribution is 7.53. The maximum Gasteiger partial charge on any atom is 0.386 e. The fraction of sp³-hybridized carbons (Fsp3) is 0.316. The summed E-state index contributed by atoms with van der Waals surface area (Å²) >= 11 is 0. The van der Waals surface area contributed by atoms with Crippen molar-refractivity contribution in [3.63, 3.8) is 0 Å². The topological polar surface area (TPSA) is 124 Å². The largest absolute Gasteiger partial charge is 0.438 e. The lowest BCUT2D eigenvalue weighted by Gasteiger charge is -2.25. The number of carbonyl (C=O) groups excluding carboxylic acids is 2. The van der Waals surface area contributed by atoms with Crippen LogP contribution in [0.5, 0.6) is 11.5 Å². The lowest BCUT2D eigenvalue weighted by atomic mass is 9.98. The number of ether oxygens (including phenoxy) is 2. The van der Waals surface area contributed by atoms with Crippen LogP contribution < -0.4 is 9.05 Å². The summed E-state index contributed by atoms with van der Waals surface area (Å²) in [5, 5.41) is 0. The first-order valence-corrected chi connectivity index (χ1v) is 19.9. The molecule has 2 unspecified atom stereocenters. The third kappa shape index (κ3) is 12.3. The molecule has 12 heteroatoms. The van der Waals surface area contributed by atoms with Crippen LogP contribution in [0.25, 0.3) is 11.1 Å². The molecule has 10 nitrogen and oxygen atoms in total. The Hall–Kier alpha value is -4.20. The first kappa shape index (κ1) is 38.6. The lowest BCUT2D eigenvalue weighted by Crippen LogP contribution is -2.10. The SMILES string of the molecule is CCCCCc1cc(OP(=O)(Cc2ccccc2)OCOC(C)=O)c(-c2cccc(C)c2)c(OP(=O)(Cc2ccccc2)OCOC(C)=O)c1. The van der Waals surface area contributed by atoms with Gasteiger partial charge in [-0.1, -0.05) is 110 Å². The summed E-state index contributed by atoms with van der Waals surface area (Å²) in [6, 6.07) is 29.2. The van der Waals surface area contributed by atoms with Gasteiger partial charge in [-0.25, -0.2) is 9.13 Å². The minimum atomic E-state index is -4.08. The van der Waals surface area contributed by atoms with Gasteiger partial charge in [0.25, 0.3) is 0 Å². The Kier molecular flexibility index (Phi) is 14.4. The third-order valence-electron chi connectivity index (χ3n) is 7.44. The van der Waals surface area contributed by atoms with E-state index in [-0.39, 0.29) is 23.8 Å². The average molecular weight is 723 g/mol. The summed E-state index contributed by atoms with van der Waals surface area (Å²) in [7, 11) is -8.15. The van der Waals surface area contributed by atoms with Gasteiger partial charge in [-0.3, -0.25) is 18.6 Å². The molecule has 2 atom stereocenters. The van der Waals surface area contributed by atoms with Crippen molar-refractivity contribution in [1.82, 2.24) is 0 Å². The Balaban J connectivity index is 1.89. The molecule has 0 fully saturated rings. The van der Waals surface area contributed by atoms with Crippen LogP contribution in [0.2, 0.25) is 0 Å². The van der Waals surface area contributed by atoms with Crippen LogP contribution in [0.1, 0.15) is 62.3 Å². The van der Waals surface area contributed by atoms with Gasteiger partial charge in [-0.2, -0.15) is 0 Å². The second-order valence-corrected chi connectivity index (χ2v) is 15.7. The molecule has 0 N–H and O–H groups in total. The molecule has 0 aromatic heterocycles. The van der Waals surface area contributed by atoms with E-state index in [9.17, 15) is 18.7 Å². The van der Waals surface area contributed by atoms with E-state index in [1.165, 1.54) is 13.8 Å². The van der Waals surface area contributed by atoms with Gasteiger partial charge < -0.3 is 18.5 Å². The molecule has 0 amide bonds. The summed E-state index contributed by atoms with van der Waals surface area (Å²) < 4.78 is 63.5. The molecule has 0 aliphatic heterocycles. The van der Waals surface area contributed by atoms with Crippen LogP contribution in [0.3, 0.4) is 0 Å². The minimum absolute atomic E-state index is 0.128. The van der Waals surface area contributed by atoms with Crippen molar-refractivity contribution in [3.8, 4) is 22.6 Å². The van der Waals surface area contributed by atoms with E-state index in [0.29, 0.717) is 28.7 Å². The minimum Gasteiger partial charge on any atom is -0.438 e. The van der Waals surface area contributed by atoms with E-state index in [1.807, 2.05) is 67.6 Å². The predicted molar refractivity (Wildman–Crippen MR) is 192 cm³/mol. The number of carbonyl (C=O) groups is 2. The molecule has 4 rings (SSSR count). The highest BCUT2D eigenvalue weighted by Gasteiger charge is 2.33. The molecule has 266 valence electrons. The van der Waals surface area contributed by atoms with E-state index in [1.54, 1.807) is 36.4 Å². The van der Waals surface area contributed by atoms with Crippen molar-refractivity contribution in [2.24, 2.45) is 0 Å². The second kappa shape index (κ2) is 18.7. The monoisotopic (exact) mass is 722 g/mol. The van der Waals surface area contributed by atoms with Gasteiger partial charge in [0.2, 0.25) is 13.6 Å². The van der Waals surface area contributed by atoms with Crippen molar-refractivity contribution in [3.05, 3.63) is 119 Å². The molecule has 0 aliphatic rings. The van der Waals surface area contributed by atoms with Gasteiger partial charge in [-0.15, -0.1) is 0 Å². The molecule has 4 aromatic carbocycles. The molecule has 0 saturated carbocycles. The van der Waals surface area contributed by atoms with Crippen LogP contribution in [0.4, 0.5) is 0 Å². The number of hydrogen-bond acceptors (Lipinski definition) is 10. The molecule has 0 spiro atoms. The zero-order chi connectivity index (χ0) is 36.0. The molecular formula is C38H44O10P2. The molecule has 0 heterocycles. The van der Waals surface area contributed by atoms with Gasteiger partial charge >= 0.3 is 27.1 Å². The third-order valence-corrected chi connectivity index (χ3v) is 10.9. The summed E-state index contributed by atoms with van der Waals surface area (Å²) in [5.74, 6) is -0.887. The highest BCUT2D eigenvalue weighted by Crippen LogP contribution is 2.58. The molecule has 4 aromatic rings. The highest BCUT2D eigenvalue weighted by atomic mass is 31.2. The molecule has 0 radical (unpaired) electrons. The van der Waals surface area contributed by atoms with Gasteiger partial charge in [0.05, 0.1) is 17.9 Å². The second-order valence-electron chi connectivity index (χ2n) is 11.8. The Morgan fingerprint density at radius 1 is 0.620 bits per heavy atom. The molecule has 0 saturated heterocycles. The van der Waals surface area contributed by atoms with Crippen molar-refractivity contribution in [2.75, 3.05) is 13.6 Å². The Morgan fingerprint density at radius 2 is 1.12 bits per heavy atom. The summed E-state index contributed by atoms with van der Waals surface area (Å²) in [6.45, 7) is 5.30. The van der Waals surface area contributed by atoms with Gasteiger partial charge in [0.1, 0.15) is 11.5 Å². The number of benzene rings is 4. The zero-order valence-electron chi connectivity index (χ0n) is 28.9. The van der Waals surface area contributed by atoms with Crippen molar-refractivity contribution in [1.29, 1.82) is 0 Å². The fourth-order valence-corrected chi connectivity index (χ4v) is 8.15. The van der Waals surface area contributed by atoms with Gasteiger partial charge in [-0.05, 0) is 54.2 Å². The molecule has 0 aliphatic carbocycles. The van der Waals surface area contributed by atoms with Gasteiger partial charge in [0.15, 0.2) is 0 Å². The Morgan fingerprint density at radius 3 is 1.56 bits per heavy atom. The predicted octanol–water partition coefficient (Wildman–Crippen LogP) is 10.0. The molecular weight excluding hydrogens is 678 g/mol. The van der Waals surface area contributed by atoms with E-state index in [4.69, 9.17) is 27.6 Å². The van der Waals surface area contributed by atoms with Crippen molar-refractivity contribution in [2.45, 2.75) is 65.7 Å². The van der Waals surface area contributed by atoms with E-state index < -0.39 is 40.7 Å². The van der Waals surface area contributed by atoms with Crippen LogP contribution in [-0.2, 0) is 56.0 Å². The van der Waals surface area contributed by atoms with Crippen LogP contribution >= 0.6 is 15.2 Å². The zero-order valence-corrected chi connectivity index (χ0v) is 30.7. The van der Waals surface area contributed by atoms with E-state index in [2.05, 4.69) is 6.92 Å². The Labute approximate surface area is 294 Å². The normalized spacial score (nSPS) is 13.4. The lowest BCUT2D eigenvalue weighted by molar-refractivity contribution is -0.148. The van der Waals surface area contributed by atoms with Crippen LogP contribution in [-0.4, -0.2) is 25.5 Å². The molecule has 50 heavy (non-hydrogen) atoms. The smallest absolute Gasteiger partial charge is 0.386 e. The number of rotatable bonds is 19. The fourth-order valence-electron chi connectivity index (χ4n) is 5.10. The maximum absolute atomic E-state index is 14.6. The maximum atomic E-state index is 14.6. The number of hydrogen-bond donors (Lipinski definition) is 0. The van der Waals surface area contributed by atoms with E-state index in [0.717, 1.165) is 30.4 Å². The van der Waals surface area contributed by atoms with Crippen LogP contribution in [0, 0.1) is 6.92 Å². The van der Waals surface area contributed by atoms with E-state index >= 15 is 0 Å². The first-order valence-electron chi connectivity index (χ1n) is 16.4. The van der Waals surface area contributed by atoms with Crippen molar-refractivity contribution >= 4 is 27.1 Å². The average Bonchev–Trinajstić information content (AvgIpc) is 3.05. The summed E-state index contributed by atoms with van der Waals surface area (Å²) in [4.78, 5) is 23.2. The Bertz CT molecular complexity index is 1710. The van der Waals surface area contributed by atoms with Crippen molar-refractivity contribution < 1.29 is 46.3 Å². The quantitative estimate of drug-likeness (QED) is 0.0400. The summed E-state index contributed by atoms with van der Waals surface area (Å²) in [6.07, 6.45) is 3.15. The van der Waals surface area contributed by atoms with Gasteiger partial charge in [0, 0.05) is 13.8 Å². The number of esters is 2.